The van der Waals surface area contributed by atoms with Gasteiger partial charge in [0.1, 0.15) is 22.9 Å². The van der Waals surface area contributed by atoms with Gasteiger partial charge in [-0.15, -0.1) is 10.2 Å². The first-order valence-corrected chi connectivity index (χ1v) is 7.87. The van der Waals surface area contributed by atoms with Crippen molar-refractivity contribution in [2.45, 2.75) is 13.8 Å². The minimum atomic E-state index is -0.607. The lowest BCUT2D eigenvalue weighted by Crippen LogP contribution is -2.15. The van der Waals surface area contributed by atoms with Crippen molar-refractivity contribution in [1.29, 1.82) is 0 Å². The molecule has 0 fully saturated rings. The number of methoxy groups -OCH3 is 2. The number of aryl methyl sites for hydroxylation is 1. The molecule has 2 aromatic rings. The van der Waals surface area contributed by atoms with E-state index in [0.29, 0.717) is 22.9 Å². The van der Waals surface area contributed by atoms with Crippen molar-refractivity contribution >= 4 is 17.3 Å². The Kier molecular flexibility index (Phi) is 6.32. The summed E-state index contributed by atoms with van der Waals surface area (Å²) in [5.74, 6) is 0.151. The van der Waals surface area contributed by atoms with Gasteiger partial charge >= 0.3 is 0 Å². The molecule has 0 heterocycles. The minimum absolute atomic E-state index is 0.210. The predicted octanol–water partition coefficient (Wildman–Crippen LogP) is 4.52. The molecule has 136 valence electrons. The first-order valence-electron chi connectivity index (χ1n) is 7.87. The van der Waals surface area contributed by atoms with E-state index in [1.165, 1.54) is 21.1 Å². The normalized spacial score (nSPS) is 11.8. The smallest absolute Gasteiger partial charge is 0.279 e. The van der Waals surface area contributed by atoms with Crippen LogP contribution < -0.4 is 14.8 Å². The van der Waals surface area contributed by atoms with E-state index in [1.54, 1.807) is 36.4 Å². The lowest BCUT2D eigenvalue weighted by atomic mass is 10.2. The van der Waals surface area contributed by atoms with Crippen LogP contribution in [-0.4, -0.2) is 25.2 Å². The Balaban J connectivity index is 2.27. The number of allylic oxidation sites excluding steroid dienone is 1. The summed E-state index contributed by atoms with van der Waals surface area (Å²) in [6, 6.07) is 12.3. The Bertz CT molecular complexity index is 856. The zero-order chi connectivity index (χ0) is 19.1. The monoisotopic (exact) mass is 355 g/mol. The molecule has 0 aromatic heterocycles. The van der Waals surface area contributed by atoms with Gasteiger partial charge in [-0.05, 0) is 43.7 Å². The molecule has 0 spiro atoms. The van der Waals surface area contributed by atoms with E-state index in [2.05, 4.69) is 15.5 Å². The molecule has 0 aliphatic heterocycles. The predicted molar refractivity (Wildman–Crippen MR) is 99.2 cm³/mol. The Labute approximate surface area is 152 Å². The van der Waals surface area contributed by atoms with Crippen LogP contribution in [0.1, 0.15) is 12.5 Å². The van der Waals surface area contributed by atoms with Crippen LogP contribution in [0.4, 0.5) is 11.4 Å². The summed E-state index contributed by atoms with van der Waals surface area (Å²) in [4.78, 5) is 12.5. The van der Waals surface area contributed by atoms with E-state index in [1.807, 2.05) is 13.0 Å². The lowest BCUT2D eigenvalue weighted by Gasteiger charge is -2.10. The summed E-state index contributed by atoms with van der Waals surface area (Å²) in [6.07, 6.45) is 0. The lowest BCUT2D eigenvalue weighted by molar-refractivity contribution is -0.113. The van der Waals surface area contributed by atoms with Gasteiger partial charge in [0, 0.05) is 0 Å². The molecule has 7 nitrogen and oxygen atoms in total. The van der Waals surface area contributed by atoms with Crippen molar-refractivity contribution in [3.63, 3.8) is 0 Å². The fraction of sp³-hybridized carbons (Fsp3) is 0.211. The zero-order valence-electron chi connectivity index (χ0n) is 15.1. The van der Waals surface area contributed by atoms with Gasteiger partial charge in [0.15, 0.2) is 5.70 Å². The maximum atomic E-state index is 12.5. The van der Waals surface area contributed by atoms with Crippen LogP contribution in [0.15, 0.2) is 64.1 Å². The first kappa shape index (κ1) is 19.0. The van der Waals surface area contributed by atoms with Crippen molar-refractivity contribution in [3.05, 3.63) is 59.5 Å². The SMILES string of the molecule is COc1cc(C)ccc1N=NC(C(=O)Nc1ccccc1OC)=C(C)O. The van der Waals surface area contributed by atoms with Gasteiger partial charge in [0.05, 0.1) is 19.9 Å². The van der Waals surface area contributed by atoms with Crippen molar-refractivity contribution < 1.29 is 19.4 Å². The van der Waals surface area contributed by atoms with E-state index < -0.39 is 5.91 Å². The molecule has 2 N–H and O–H groups in total. The molecule has 2 aromatic carbocycles. The van der Waals surface area contributed by atoms with Crippen LogP contribution in [0.25, 0.3) is 0 Å². The highest BCUT2D eigenvalue weighted by atomic mass is 16.5. The second kappa shape index (κ2) is 8.66. The van der Waals surface area contributed by atoms with Crippen molar-refractivity contribution in [3.8, 4) is 11.5 Å². The third-order valence-electron chi connectivity index (χ3n) is 3.51. The molecule has 0 bridgehead atoms. The Morgan fingerprint density at radius 2 is 1.77 bits per heavy atom. The molecule has 0 aliphatic carbocycles. The van der Waals surface area contributed by atoms with Crippen molar-refractivity contribution in [1.82, 2.24) is 0 Å². The second-order valence-corrected chi connectivity index (χ2v) is 5.46. The number of azo groups is 1. The molecule has 0 unspecified atom stereocenters. The number of benzene rings is 2. The van der Waals surface area contributed by atoms with Crippen molar-refractivity contribution in [2.24, 2.45) is 10.2 Å². The summed E-state index contributed by atoms with van der Waals surface area (Å²) in [5.41, 5.74) is 1.70. The topological polar surface area (TPSA) is 92.5 Å². The van der Waals surface area contributed by atoms with Crippen LogP contribution in [0.3, 0.4) is 0 Å². The van der Waals surface area contributed by atoms with Crippen LogP contribution >= 0.6 is 0 Å². The average Bonchev–Trinajstić information content (AvgIpc) is 2.63. The van der Waals surface area contributed by atoms with Gasteiger partial charge in [-0.3, -0.25) is 4.79 Å². The van der Waals surface area contributed by atoms with E-state index in [-0.39, 0.29) is 11.5 Å². The number of anilines is 1. The Morgan fingerprint density at radius 1 is 1.08 bits per heavy atom. The molecule has 0 saturated carbocycles. The number of nitrogens with one attached hydrogen (secondary N) is 1. The van der Waals surface area contributed by atoms with E-state index in [0.717, 1.165) is 5.56 Å². The molecular formula is C19H21N3O4. The largest absolute Gasteiger partial charge is 0.510 e. The average molecular weight is 355 g/mol. The molecule has 1 amide bonds. The van der Waals surface area contributed by atoms with Gasteiger partial charge in [-0.1, -0.05) is 18.2 Å². The van der Waals surface area contributed by atoms with E-state index in [4.69, 9.17) is 9.47 Å². The van der Waals surface area contributed by atoms with Gasteiger partial charge in [0.25, 0.3) is 5.91 Å². The Morgan fingerprint density at radius 3 is 2.42 bits per heavy atom. The number of aliphatic hydroxyl groups is 1. The van der Waals surface area contributed by atoms with Crippen LogP contribution in [0.5, 0.6) is 11.5 Å². The number of amides is 1. The summed E-state index contributed by atoms with van der Waals surface area (Å²) in [7, 11) is 3.03. The van der Waals surface area contributed by atoms with Crippen molar-refractivity contribution in [2.75, 3.05) is 19.5 Å². The summed E-state index contributed by atoms with van der Waals surface area (Å²) in [5, 5.41) is 20.4. The maximum Gasteiger partial charge on any atom is 0.279 e. The molecule has 0 atom stereocenters. The number of rotatable bonds is 6. The molecule has 0 saturated heterocycles. The number of carbonyl (C=O) groups excluding carboxylic acids is 1. The number of hydrogen-bond donors (Lipinski definition) is 2. The zero-order valence-corrected chi connectivity index (χ0v) is 15.1. The summed E-state index contributed by atoms with van der Waals surface area (Å²) in [6.45, 7) is 3.29. The summed E-state index contributed by atoms with van der Waals surface area (Å²) >= 11 is 0. The highest BCUT2D eigenvalue weighted by Gasteiger charge is 2.15. The van der Waals surface area contributed by atoms with Gasteiger partial charge in [-0.2, -0.15) is 0 Å². The molecular weight excluding hydrogens is 334 g/mol. The van der Waals surface area contributed by atoms with Crippen LogP contribution in [-0.2, 0) is 4.79 Å². The fourth-order valence-electron chi connectivity index (χ4n) is 2.18. The quantitative estimate of drug-likeness (QED) is 0.452. The van der Waals surface area contributed by atoms with Crippen LogP contribution in [0.2, 0.25) is 0 Å². The number of aliphatic hydroxyl groups excluding tert-OH is 1. The van der Waals surface area contributed by atoms with Gasteiger partial charge in [0.2, 0.25) is 0 Å². The fourth-order valence-corrected chi connectivity index (χ4v) is 2.18. The third kappa shape index (κ3) is 4.60. The number of nitrogens with zero attached hydrogens (tertiary/aromatic N) is 2. The minimum Gasteiger partial charge on any atom is -0.510 e. The maximum absolute atomic E-state index is 12.5. The number of para-hydroxylation sites is 2. The molecule has 7 heteroatoms. The number of ether oxygens (including phenoxy) is 2. The van der Waals surface area contributed by atoms with Gasteiger partial charge < -0.3 is 19.9 Å². The standard InChI is InChI=1S/C19H21N3O4/c1-12-9-10-15(17(11-12)26-4)21-22-18(13(2)23)19(24)20-14-7-5-6-8-16(14)25-3/h5-11,23H,1-4H3,(H,20,24). The summed E-state index contributed by atoms with van der Waals surface area (Å²) < 4.78 is 10.4. The highest BCUT2D eigenvalue weighted by Crippen LogP contribution is 2.29. The van der Waals surface area contributed by atoms with Crippen LogP contribution in [0, 0.1) is 6.92 Å². The first-order chi connectivity index (χ1) is 12.5. The van der Waals surface area contributed by atoms with E-state index in [9.17, 15) is 9.90 Å². The number of hydrogen-bond acceptors (Lipinski definition) is 6. The molecule has 0 radical (unpaired) electrons. The Hall–Kier alpha value is -3.35. The van der Waals surface area contributed by atoms with E-state index >= 15 is 0 Å². The second-order valence-electron chi connectivity index (χ2n) is 5.46. The van der Waals surface area contributed by atoms with Gasteiger partial charge in [-0.25, -0.2) is 0 Å². The highest BCUT2D eigenvalue weighted by molar-refractivity contribution is 6.04. The third-order valence-corrected chi connectivity index (χ3v) is 3.51. The number of carbonyl (C=O) groups is 1. The molecule has 2 rings (SSSR count). The molecule has 26 heavy (non-hydrogen) atoms. The molecule has 0 aliphatic rings.